The van der Waals surface area contributed by atoms with E-state index in [1.807, 2.05) is 6.07 Å². The number of aromatic amines is 1. The highest BCUT2D eigenvalue weighted by Gasteiger charge is 2.51. The number of carbonyl (C=O) groups is 1. The molecule has 2 fully saturated rings. The second kappa shape index (κ2) is 7.80. The van der Waals surface area contributed by atoms with Gasteiger partial charge in [0, 0.05) is 57.3 Å². The van der Waals surface area contributed by atoms with Crippen LogP contribution in [0.1, 0.15) is 23.0 Å². The third-order valence-corrected chi connectivity index (χ3v) is 6.63. The number of pyridine rings is 1. The summed E-state index contributed by atoms with van der Waals surface area (Å²) in [5.41, 5.74) is 0.915. The Morgan fingerprint density at radius 3 is 2.58 bits per heavy atom. The summed E-state index contributed by atoms with van der Waals surface area (Å²) in [5, 5.41) is 2.74. The maximum Gasteiger partial charge on any atom is 0.328 e. The van der Waals surface area contributed by atoms with E-state index >= 15 is 4.39 Å². The molecule has 9 nitrogen and oxygen atoms in total. The van der Waals surface area contributed by atoms with E-state index in [1.165, 1.54) is 0 Å². The smallest absolute Gasteiger partial charge is 0.328 e. The van der Waals surface area contributed by atoms with Gasteiger partial charge in [0.25, 0.3) is 11.5 Å². The molecule has 0 saturated carbocycles. The van der Waals surface area contributed by atoms with Gasteiger partial charge < -0.3 is 15.2 Å². The minimum absolute atomic E-state index is 0.0232. The van der Waals surface area contributed by atoms with Crippen molar-refractivity contribution in [3.8, 4) is 0 Å². The van der Waals surface area contributed by atoms with E-state index in [0.29, 0.717) is 17.8 Å². The normalized spacial score (nSPS) is 17.1. The Balaban J connectivity index is 1.23. The van der Waals surface area contributed by atoms with Gasteiger partial charge in [0.1, 0.15) is 5.69 Å². The number of hydrogen-bond acceptors (Lipinski definition) is 6. The summed E-state index contributed by atoms with van der Waals surface area (Å²) in [6, 6.07) is 6.84. The molecule has 3 aromatic rings. The van der Waals surface area contributed by atoms with Gasteiger partial charge >= 0.3 is 5.69 Å². The molecule has 0 aliphatic carbocycles. The first-order valence-corrected chi connectivity index (χ1v) is 10.9. The molecule has 2 saturated heterocycles. The first-order chi connectivity index (χ1) is 15.8. The Kier molecular flexibility index (Phi) is 5.04. The molecule has 1 spiro atoms. The second-order valence-electron chi connectivity index (χ2n) is 8.92. The van der Waals surface area contributed by atoms with Crippen LogP contribution in [0.5, 0.6) is 0 Å². The average Bonchev–Trinajstić information content (AvgIpc) is 2.76. The summed E-state index contributed by atoms with van der Waals surface area (Å²) in [6.07, 6.45) is 1.71. The fourth-order valence-electron chi connectivity index (χ4n) is 4.98. The van der Waals surface area contributed by atoms with Crippen LogP contribution in [-0.2, 0) is 13.1 Å². The zero-order valence-corrected chi connectivity index (χ0v) is 18.5. The number of nitrogens with zero attached hydrogens (tertiary/aromatic N) is 4. The van der Waals surface area contributed by atoms with Crippen LogP contribution in [0.25, 0.3) is 10.9 Å². The van der Waals surface area contributed by atoms with E-state index < -0.39 is 17.1 Å². The van der Waals surface area contributed by atoms with Gasteiger partial charge in [-0.3, -0.25) is 19.1 Å². The van der Waals surface area contributed by atoms with Crippen molar-refractivity contribution in [1.29, 1.82) is 0 Å². The number of likely N-dealkylation sites (tertiary alicyclic amines) is 1. The van der Waals surface area contributed by atoms with Gasteiger partial charge in [-0.15, -0.1) is 0 Å². The standard InChI is InChI=1S/C23H25FN6O3/c1-3-30-21(32)16-6-4-14(18(24)19(16)27-22(30)33)9-28-10-23(11-28)12-29(13-23)15-5-7-17(26-8-15)20(31)25-2/h4-8H,3,9-13H2,1-2H3,(H,25,31)(H,27,33). The van der Waals surface area contributed by atoms with Crippen LogP contribution in [0, 0.1) is 11.2 Å². The number of benzene rings is 1. The number of anilines is 1. The molecule has 33 heavy (non-hydrogen) atoms. The molecule has 2 N–H and O–H groups in total. The summed E-state index contributed by atoms with van der Waals surface area (Å²) < 4.78 is 16.1. The van der Waals surface area contributed by atoms with Crippen molar-refractivity contribution in [2.24, 2.45) is 5.41 Å². The Morgan fingerprint density at radius 1 is 1.18 bits per heavy atom. The lowest BCUT2D eigenvalue weighted by molar-refractivity contribution is -0.0278. The quantitative estimate of drug-likeness (QED) is 0.597. The maximum atomic E-state index is 15.1. The zero-order valence-electron chi connectivity index (χ0n) is 18.5. The molecule has 4 heterocycles. The van der Waals surface area contributed by atoms with Gasteiger partial charge in [-0.1, -0.05) is 6.07 Å². The molecule has 0 bridgehead atoms. The van der Waals surface area contributed by atoms with Crippen molar-refractivity contribution in [3.63, 3.8) is 0 Å². The van der Waals surface area contributed by atoms with E-state index in [2.05, 4.69) is 25.1 Å². The van der Waals surface area contributed by atoms with Crippen LogP contribution in [0.2, 0.25) is 0 Å². The number of halogens is 1. The number of carbonyl (C=O) groups excluding carboxylic acids is 1. The van der Waals surface area contributed by atoms with Crippen molar-refractivity contribution in [2.45, 2.75) is 20.0 Å². The lowest BCUT2D eigenvalue weighted by Crippen LogP contribution is -2.72. The fraction of sp³-hybridized carbons (Fsp3) is 0.391. The molecule has 172 valence electrons. The molecular weight excluding hydrogens is 427 g/mol. The van der Waals surface area contributed by atoms with Gasteiger partial charge in [0.2, 0.25) is 0 Å². The fourth-order valence-corrected chi connectivity index (χ4v) is 4.98. The first kappa shape index (κ1) is 21.3. The molecule has 1 aromatic carbocycles. The summed E-state index contributed by atoms with van der Waals surface area (Å²) in [4.78, 5) is 47.3. The van der Waals surface area contributed by atoms with Crippen LogP contribution in [0.4, 0.5) is 10.1 Å². The molecule has 0 unspecified atom stereocenters. The minimum atomic E-state index is -0.596. The molecule has 1 amide bonds. The second-order valence-corrected chi connectivity index (χ2v) is 8.92. The molecule has 2 aliphatic heterocycles. The van der Waals surface area contributed by atoms with Gasteiger partial charge in [-0.25, -0.2) is 14.2 Å². The number of amides is 1. The molecule has 2 aromatic heterocycles. The third-order valence-electron chi connectivity index (χ3n) is 6.63. The van der Waals surface area contributed by atoms with Gasteiger partial charge in [0.05, 0.1) is 22.8 Å². The third kappa shape index (κ3) is 3.50. The summed E-state index contributed by atoms with van der Waals surface area (Å²) in [7, 11) is 1.57. The Labute approximate surface area is 188 Å². The van der Waals surface area contributed by atoms with Crippen molar-refractivity contribution < 1.29 is 9.18 Å². The number of H-pyrrole nitrogens is 1. The Hall–Kier alpha value is -3.53. The highest BCUT2D eigenvalue weighted by Crippen LogP contribution is 2.42. The first-order valence-electron chi connectivity index (χ1n) is 10.9. The van der Waals surface area contributed by atoms with E-state index in [4.69, 9.17) is 0 Å². The van der Waals surface area contributed by atoms with Crippen LogP contribution >= 0.6 is 0 Å². The van der Waals surface area contributed by atoms with Crippen molar-refractivity contribution in [1.82, 2.24) is 24.8 Å². The number of nitrogens with one attached hydrogen (secondary N) is 2. The largest absolute Gasteiger partial charge is 0.369 e. The van der Waals surface area contributed by atoms with Gasteiger partial charge in [0.15, 0.2) is 5.82 Å². The van der Waals surface area contributed by atoms with E-state index in [1.54, 1.807) is 38.4 Å². The van der Waals surface area contributed by atoms with Gasteiger partial charge in [-0.05, 0) is 25.1 Å². The average molecular weight is 452 g/mol. The van der Waals surface area contributed by atoms with Crippen LogP contribution < -0.4 is 21.5 Å². The number of fused-ring (bicyclic) bond motifs is 1. The molecule has 10 heteroatoms. The van der Waals surface area contributed by atoms with E-state index in [-0.39, 0.29) is 28.8 Å². The maximum absolute atomic E-state index is 15.1. The SMILES string of the molecule is CCn1c(=O)[nH]c2c(F)c(CN3CC4(C3)CN(c3ccc(C(=O)NC)nc3)C4)ccc2c1=O. The molecule has 0 atom stereocenters. The Bertz CT molecular complexity index is 1350. The lowest BCUT2D eigenvalue weighted by atomic mass is 9.72. The molecule has 5 rings (SSSR count). The predicted molar refractivity (Wildman–Crippen MR) is 122 cm³/mol. The lowest BCUT2D eigenvalue weighted by Gasteiger charge is -2.61. The minimum Gasteiger partial charge on any atom is -0.369 e. The number of hydrogen-bond donors (Lipinski definition) is 2. The van der Waals surface area contributed by atoms with Crippen LogP contribution in [-0.4, -0.2) is 58.6 Å². The monoisotopic (exact) mass is 452 g/mol. The van der Waals surface area contributed by atoms with E-state index in [9.17, 15) is 14.4 Å². The molecule has 0 radical (unpaired) electrons. The topological polar surface area (TPSA) is 103 Å². The van der Waals surface area contributed by atoms with Crippen LogP contribution in [0.3, 0.4) is 0 Å². The highest BCUT2D eigenvalue weighted by molar-refractivity contribution is 5.92. The van der Waals surface area contributed by atoms with Crippen molar-refractivity contribution in [3.05, 3.63) is 68.4 Å². The predicted octanol–water partition coefficient (Wildman–Crippen LogP) is 0.926. The Morgan fingerprint density at radius 2 is 1.94 bits per heavy atom. The number of aromatic nitrogens is 3. The molecule has 2 aliphatic rings. The van der Waals surface area contributed by atoms with E-state index in [0.717, 1.165) is 36.4 Å². The highest BCUT2D eigenvalue weighted by atomic mass is 19.1. The summed E-state index contributed by atoms with van der Waals surface area (Å²) in [5.74, 6) is -0.749. The summed E-state index contributed by atoms with van der Waals surface area (Å²) in [6.45, 7) is 5.81. The van der Waals surface area contributed by atoms with Gasteiger partial charge in [-0.2, -0.15) is 0 Å². The van der Waals surface area contributed by atoms with Crippen molar-refractivity contribution in [2.75, 3.05) is 38.1 Å². The van der Waals surface area contributed by atoms with Crippen LogP contribution in [0.15, 0.2) is 40.1 Å². The molecular formula is C23H25FN6O3. The summed E-state index contributed by atoms with van der Waals surface area (Å²) >= 11 is 0. The van der Waals surface area contributed by atoms with Crippen molar-refractivity contribution >= 4 is 22.5 Å². The zero-order chi connectivity index (χ0) is 23.3. The number of rotatable bonds is 5.